The third kappa shape index (κ3) is 3.33. The van der Waals surface area contributed by atoms with Gasteiger partial charge in [-0.1, -0.05) is 48.5 Å². The fourth-order valence-corrected chi connectivity index (χ4v) is 1.89. The fourth-order valence-electron chi connectivity index (χ4n) is 1.89. The molecule has 0 spiro atoms. The van der Waals surface area contributed by atoms with E-state index in [2.05, 4.69) is 24.1 Å². The standard InChI is InChI=1S/C15H17NO/c1-16(11-13-7-3-2-4-8-13)12-14-9-5-6-10-15(14)17/h2-10,17H,11-12H2,1H3. The molecule has 0 saturated carbocycles. The van der Waals surface area contributed by atoms with Crippen molar-refractivity contribution in [3.05, 3.63) is 65.7 Å². The van der Waals surface area contributed by atoms with Crippen LogP contribution in [0.25, 0.3) is 0 Å². The Hall–Kier alpha value is -1.80. The molecule has 0 saturated heterocycles. The third-order valence-electron chi connectivity index (χ3n) is 2.73. The lowest BCUT2D eigenvalue weighted by atomic mass is 10.1. The van der Waals surface area contributed by atoms with Crippen molar-refractivity contribution in [2.24, 2.45) is 0 Å². The number of hydrogen-bond donors (Lipinski definition) is 1. The van der Waals surface area contributed by atoms with Crippen molar-refractivity contribution in [1.29, 1.82) is 0 Å². The van der Waals surface area contributed by atoms with Crippen molar-refractivity contribution < 1.29 is 5.11 Å². The fraction of sp³-hybridized carbons (Fsp3) is 0.200. The van der Waals surface area contributed by atoms with Crippen LogP contribution in [-0.4, -0.2) is 17.1 Å². The highest BCUT2D eigenvalue weighted by atomic mass is 16.3. The van der Waals surface area contributed by atoms with Gasteiger partial charge in [0, 0.05) is 18.7 Å². The largest absolute Gasteiger partial charge is 0.508 e. The first-order chi connectivity index (χ1) is 8.25. The minimum Gasteiger partial charge on any atom is -0.508 e. The van der Waals surface area contributed by atoms with E-state index < -0.39 is 0 Å². The predicted octanol–water partition coefficient (Wildman–Crippen LogP) is 3.02. The van der Waals surface area contributed by atoms with Crippen molar-refractivity contribution in [3.8, 4) is 5.75 Å². The van der Waals surface area contributed by atoms with Gasteiger partial charge in [-0.3, -0.25) is 4.90 Å². The first-order valence-corrected chi connectivity index (χ1v) is 5.75. The molecular weight excluding hydrogens is 210 g/mol. The van der Waals surface area contributed by atoms with E-state index in [1.54, 1.807) is 6.07 Å². The first kappa shape index (κ1) is 11.7. The molecule has 0 aliphatic carbocycles. The molecule has 0 bridgehead atoms. The zero-order valence-corrected chi connectivity index (χ0v) is 10.0. The molecule has 0 unspecified atom stereocenters. The first-order valence-electron chi connectivity index (χ1n) is 5.75. The van der Waals surface area contributed by atoms with Gasteiger partial charge in [0.1, 0.15) is 5.75 Å². The Morgan fingerprint density at radius 2 is 1.53 bits per heavy atom. The molecule has 0 heterocycles. The zero-order chi connectivity index (χ0) is 12.1. The van der Waals surface area contributed by atoms with Crippen LogP contribution in [0.4, 0.5) is 0 Å². The van der Waals surface area contributed by atoms with Crippen molar-refractivity contribution in [1.82, 2.24) is 4.90 Å². The predicted molar refractivity (Wildman–Crippen MR) is 69.7 cm³/mol. The van der Waals surface area contributed by atoms with E-state index in [0.717, 1.165) is 18.7 Å². The SMILES string of the molecule is CN(Cc1ccccc1)Cc1ccccc1O. The number of rotatable bonds is 4. The number of nitrogens with zero attached hydrogens (tertiary/aromatic N) is 1. The van der Waals surface area contributed by atoms with E-state index in [9.17, 15) is 5.11 Å². The Balaban J connectivity index is 1.98. The summed E-state index contributed by atoms with van der Waals surface area (Å²) in [5.41, 5.74) is 2.25. The van der Waals surface area contributed by atoms with Gasteiger partial charge >= 0.3 is 0 Å². The van der Waals surface area contributed by atoms with E-state index in [1.165, 1.54) is 5.56 Å². The molecule has 0 atom stereocenters. The molecule has 2 aromatic carbocycles. The van der Waals surface area contributed by atoms with Crippen molar-refractivity contribution in [2.45, 2.75) is 13.1 Å². The molecule has 0 aliphatic heterocycles. The van der Waals surface area contributed by atoms with E-state index in [4.69, 9.17) is 0 Å². The summed E-state index contributed by atoms with van der Waals surface area (Å²) in [5.74, 6) is 0.368. The average Bonchev–Trinajstić information content (AvgIpc) is 2.33. The van der Waals surface area contributed by atoms with Crippen LogP contribution in [0.1, 0.15) is 11.1 Å². The van der Waals surface area contributed by atoms with Crippen molar-refractivity contribution in [2.75, 3.05) is 7.05 Å². The number of hydrogen-bond acceptors (Lipinski definition) is 2. The van der Waals surface area contributed by atoms with Gasteiger partial charge in [0.15, 0.2) is 0 Å². The average molecular weight is 227 g/mol. The highest BCUT2D eigenvalue weighted by Gasteiger charge is 2.04. The Morgan fingerprint density at radius 1 is 0.882 bits per heavy atom. The maximum absolute atomic E-state index is 9.70. The molecule has 17 heavy (non-hydrogen) atoms. The summed E-state index contributed by atoms with van der Waals surface area (Å²) in [4.78, 5) is 2.18. The quantitative estimate of drug-likeness (QED) is 0.867. The Labute approximate surface area is 102 Å². The normalized spacial score (nSPS) is 10.7. The van der Waals surface area contributed by atoms with E-state index in [-0.39, 0.29) is 0 Å². The molecule has 2 aromatic rings. The summed E-state index contributed by atoms with van der Waals surface area (Å²) < 4.78 is 0. The van der Waals surface area contributed by atoms with Crippen LogP contribution in [0, 0.1) is 0 Å². The topological polar surface area (TPSA) is 23.5 Å². The molecule has 0 fully saturated rings. The highest BCUT2D eigenvalue weighted by molar-refractivity contribution is 5.31. The lowest BCUT2D eigenvalue weighted by molar-refractivity contribution is 0.312. The van der Waals surface area contributed by atoms with Gasteiger partial charge in [-0.25, -0.2) is 0 Å². The van der Waals surface area contributed by atoms with E-state index >= 15 is 0 Å². The highest BCUT2D eigenvalue weighted by Crippen LogP contribution is 2.17. The Bertz CT molecular complexity index is 467. The molecule has 0 aliphatic rings. The van der Waals surface area contributed by atoms with Crippen LogP contribution < -0.4 is 0 Å². The molecule has 88 valence electrons. The summed E-state index contributed by atoms with van der Waals surface area (Å²) in [6.07, 6.45) is 0. The number of phenolic OH excluding ortho intramolecular Hbond substituents is 1. The van der Waals surface area contributed by atoms with E-state index in [0.29, 0.717) is 5.75 Å². The van der Waals surface area contributed by atoms with Gasteiger partial charge < -0.3 is 5.11 Å². The van der Waals surface area contributed by atoms with Gasteiger partial charge in [0.05, 0.1) is 0 Å². The zero-order valence-electron chi connectivity index (χ0n) is 10.0. The van der Waals surface area contributed by atoms with Gasteiger partial charge in [-0.05, 0) is 18.7 Å². The number of phenols is 1. The Kier molecular flexibility index (Phi) is 3.78. The lowest BCUT2D eigenvalue weighted by Crippen LogP contribution is -2.17. The van der Waals surface area contributed by atoms with Gasteiger partial charge in [0.25, 0.3) is 0 Å². The van der Waals surface area contributed by atoms with Gasteiger partial charge in [-0.2, -0.15) is 0 Å². The van der Waals surface area contributed by atoms with Crippen LogP contribution in [-0.2, 0) is 13.1 Å². The molecule has 0 amide bonds. The second kappa shape index (κ2) is 5.51. The molecule has 2 rings (SSSR count). The van der Waals surface area contributed by atoms with Crippen LogP contribution in [0.15, 0.2) is 54.6 Å². The molecular formula is C15H17NO. The van der Waals surface area contributed by atoms with E-state index in [1.807, 2.05) is 36.4 Å². The second-order valence-electron chi connectivity index (χ2n) is 4.29. The smallest absolute Gasteiger partial charge is 0.120 e. The third-order valence-corrected chi connectivity index (χ3v) is 2.73. The van der Waals surface area contributed by atoms with Crippen molar-refractivity contribution >= 4 is 0 Å². The van der Waals surface area contributed by atoms with Gasteiger partial charge in [-0.15, -0.1) is 0 Å². The maximum atomic E-state index is 9.70. The Morgan fingerprint density at radius 3 is 2.24 bits per heavy atom. The molecule has 0 radical (unpaired) electrons. The second-order valence-corrected chi connectivity index (χ2v) is 4.29. The lowest BCUT2D eigenvalue weighted by Gasteiger charge is -2.17. The molecule has 2 heteroatoms. The van der Waals surface area contributed by atoms with Crippen LogP contribution in [0.3, 0.4) is 0 Å². The van der Waals surface area contributed by atoms with Gasteiger partial charge in [0.2, 0.25) is 0 Å². The summed E-state index contributed by atoms with van der Waals surface area (Å²) in [6, 6.07) is 17.8. The monoisotopic (exact) mass is 227 g/mol. The number of para-hydroxylation sites is 1. The van der Waals surface area contributed by atoms with Crippen LogP contribution >= 0.6 is 0 Å². The minimum atomic E-state index is 0.368. The summed E-state index contributed by atoms with van der Waals surface area (Å²) >= 11 is 0. The summed E-state index contributed by atoms with van der Waals surface area (Å²) in [6.45, 7) is 1.64. The number of aromatic hydroxyl groups is 1. The minimum absolute atomic E-state index is 0.368. The molecule has 0 aromatic heterocycles. The van der Waals surface area contributed by atoms with Crippen LogP contribution in [0.5, 0.6) is 5.75 Å². The molecule has 2 nitrogen and oxygen atoms in total. The van der Waals surface area contributed by atoms with Crippen LogP contribution in [0.2, 0.25) is 0 Å². The number of benzene rings is 2. The molecule has 1 N–H and O–H groups in total. The summed E-state index contributed by atoms with van der Waals surface area (Å²) in [7, 11) is 2.06. The summed E-state index contributed by atoms with van der Waals surface area (Å²) in [5, 5.41) is 9.70. The van der Waals surface area contributed by atoms with Crippen molar-refractivity contribution in [3.63, 3.8) is 0 Å². The maximum Gasteiger partial charge on any atom is 0.120 e.